The number of carbonyl (C=O) groups is 1. The van der Waals surface area contributed by atoms with E-state index < -0.39 is 16.1 Å². The van der Waals surface area contributed by atoms with Gasteiger partial charge in [-0.3, -0.25) is 9.48 Å². The number of rotatable bonds is 5. The number of fused-ring (bicyclic) bond motifs is 1. The Morgan fingerprint density at radius 3 is 2.76 bits per heavy atom. The first kappa shape index (κ1) is 17.4. The molecule has 0 saturated heterocycles. The van der Waals surface area contributed by atoms with Gasteiger partial charge in [0.05, 0.1) is 22.8 Å². The van der Waals surface area contributed by atoms with Crippen LogP contribution in [0.5, 0.6) is 5.75 Å². The highest BCUT2D eigenvalue weighted by atomic mass is 32.2. The van der Waals surface area contributed by atoms with Crippen molar-refractivity contribution in [3.63, 3.8) is 0 Å². The molecule has 0 bridgehead atoms. The van der Waals surface area contributed by atoms with E-state index in [-0.39, 0.29) is 17.3 Å². The Morgan fingerprint density at radius 2 is 2.08 bits per heavy atom. The van der Waals surface area contributed by atoms with Crippen molar-refractivity contribution in [2.24, 2.45) is 0 Å². The maximum Gasteiger partial charge on any atom is 0.265 e. The van der Waals surface area contributed by atoms with Crippen LogP contribution in [0.25, 0.3) is 0 Å². The van der Waals surface area contributed by atoms with Gasteiger partial charge in [0.2, 0.25) is 10.0 Å². The summed E-state index contributed by atoms with van der Waals surface area (Å²) in [6, 6.07) is 6.32. The Labute approximate surface area is 146 Å². The number of hydrogen-bond acceptors (Lipinski definition) is 5. The van der Waals surface area contributed by atoms with Gasteiger partial charge in [-0.15, -0.1) is 0 Å². The van der Waals surface area contributed by atoms with Crippen LogP contribution in [0.4, 0.5) is 5.69 Å². The van der Waals surface area contributed by atoms with Gasteiger partial charge in [-0.1, -0.05) is 0 Å². The van der Waals surface area contributed by atoms with Gasteiger partial charge in [-0.05, 0) is 45.0 Å². The van der Waals surface area contributed by atoms with Crippen LogP contribution in [0.1, 0.15) is 18.3 Å². The molecule has 1 amide bonds. The van der Waals surface area contributed by atoms with Crippen molar-refractivity contribution in [2.75, 3.05) is 11.9 Å². The summed E-state index contributed by atoms with van der Waals surface area (Å²) in [6.07, 6.45) is -0.603. The molecular weight excluding hydrogens is 344 g/mol. The zero-order valence-electron chi connectivity index (χ0n) is 14.2. The van der Waals surface area contributed by atoms with Crippen LogP contribution >= 0.6 is 0 Å². The fourth-order valence-corrected chi connectivity index (χ4v) is 3.67. The van der Waals surface area contributed by atoms with Gasteiger partial charge in [-0.2, -0.15) is 5.10 Å². The number of aromatic nitrogens is 2. The number of anilines is 1. The summed E-state index contributed by atoms with van der Waals surface area (Å²) in [4.78, 5) is 11.7. The van der Waals surface area contributed by atoms with Gasteiger partial charge < -0.3 is 10.1 Å². The molecule has 2 N–H and O–H groups in total. The Kier molecular flexibility index (Phi) is 4.53. The van der Waals surface area contributed by atoms with Crippen molar-refractivity contribution < 1.29 is 17.9 Å². The minimum absolute atomic E-state index is 0.0677. The number of carbonyl (C=O) groups excluding carboxylic acids is 1. The predicted molar refractivity (Wildman–Crippen MR) is 92.1 cm³/mol. The first-order chi connectivity index (χ1) is 11.8. The quantitative estimate of drug-likeness (QED) is 0.830. The van der Waals surface area contributed by atoms with Crippen molar-refractivity contribution in [3.8, 4) is 5.75 Å². The monoisotopic (exact) mass is 364 g/mol. The molecule has 1 aromatic heterocycles. The molecule has 0 saturated carbocycles. The van der Waals surface area contributed by atoms with Crippen LogP contribution in [-0.4, -0.2) is 36.8 Å². The molecule has 1 aliphatic heterocycles. The first-order valence-electron chi connectivity index (χ1n) is 7.88. The van der Waals surface area contributed by atoms with Crippen molar-refractivity contribution in [3.05, 3.63) is 35.7 Å². The van der Waals surface area contributed by atoms with Gasteiger partial charge >= 0.3 is 0 Å². The van der Waals surface area contributed by atoms with E-state index in [0.717, 1.165) is 11.4 Å². The number of benzene rings is 1. The number of amides is 1. The molecule has 1 aliphatic rings. The molecule has 0 aliphatic carbocycles. The lowest BCUT2D eigenvalue weighted by atomic mass is 10.2. The molecule has 134 valence electrons. The highest BCUT2D eigenvalue weighted by molar-refractivity contribution is 7.89. The fourth-order valence-electron chi connectivity index (χ4n) is 2.63. The molecule has 0 spiro atoms. The maximum atomic E-state index is 12.4. The SMILES string of the molecule is Cc1cc(C)n(CCNS(=O)(=O)c2ccc3c(c2)NC(=O)C(C)O3)n1. The van der Waals surface area contributed by atoms with Crippen molar-refractivity contribution in [2.45, 2.75) is 38.3 Å². The molecule has 3 rings (SSSR count). The van der Waals surface area contributed by atoms with E-state index in [1.165, 1.54) is 12.1 Å². The summed E-state index contributed by atoms with van der Waals surface area (Å²) in [7, 11) is -3.70. The summed E-state index contributed by atoms with van der Waals surface area (Å²) in [5.41, 5.74) is 2.21. The molecular formula is C16H20N4O4S. The third-order valence-corrected chi connectivity index (χ3v) is 5.37. The average molecular weight is 364 g/mol. The summed E-state index contributed by atoms with van der Waals surface area (Å²) in [5, 5.41) is 6.94. The summed E-state index contributed by atoms with van der Waals surface area (Å²) in [5.74, 6) is 0.147. The smallest absolute Gasteiger partial charge is 0.265 e. The Bertz CT molecular complexity index is 920. The molecule has 1 aromatic carbocycles. The standard InChI is InChI=1S/C16H20N4O4S/c1-10-8-11(2)20(19-10)7-6-17-25(22,23)13-4-5-15-14(9-13)18-16(21)12(3)24-15/h4-5,8-9,12,17H,6-7H2,1-3H3,(H,18,21). The molecule has 1 atom stereocenters. The van der Waals surface area contributed by atoms with E-state index in [1.54, 1.807) is 17.7 Å². The maximum absolute atomic E-state index is 12.4. The van der Waals surface area contributed by atoms with Gasteiger partial charge in [0.15, 0.2) is 6.10 Å². The zero-order valence-corrected chi connectivity index (χ0v) is 15.1. The van der Waals surface area contributed by atoms with Crippen molar-refractivity contribution in [1.29, 1.82) is 0 Å². The largest absolute Gasteiger partial charge is 0.479 e. The number of nitrogens with one attached hydrogen (secondary N) is 2. The van der Waals surface area contributed by atoms with Crippen LogP contribution in [0.2, 0.25) is 0 Å². The Balaban J connectivity index is 1.71. The van der Waals surface area contributed by atoms with Crippen LogP contribution in [-0.2, 0) is 21.4 Å². The fraction of sp³-hybridized carbons (Fsp3) is 0.375. The van der Waals surface area contributed by atoms with E-state index in [1.807, 2.05) is 19.9 Å². The summed E-state index contributed by atoms with van der Waals surface area (Å²) >= 11 is 0. The van der Waals surface area contributed by atoms with Gasteiger partial charge in [-0.25, -0.2) is 13.1 Å². The molecule has 0 fully saturated rings. The number of aryl methyl sites for hydroxylation is 2. The van der Waals surface area contributed by atoms with E-state index in [4.69, 9.17) is 4.74 Å². The Morgan fingerprint density at radius 1 is 1.32 bits per heavy atom. The number of sulfonamides is 1. The molecule has 2 aromatic rings. The molecule has 25 heavy (non-hydrogen) atoms. The second-order valence-corrected chi connectivity index (χ2v) is 7.72. The third-order valence-electron chi connectivity index (χ3n) is 3.91. The van der Waals surface area contributed by atoms with Crippen LogP contribution in [0, 0.1) is 13.8 Å². The number of nitrogens with zero attached hydrogens (tertiary/aromatic N) is 2. The van der Waals surface area contributed by atoms with E-state index >= 15 is 0 Å². The average Bonchev–Trinajstić information content (AvgIpc) is 2.85. The second kappa shape index (κ2) is 6.49. The van der Waals surface area contributed by atoms with E-state index in [2.05, 4.69) is 15.1 Å². The van der Waals surface area contributed by atoms with Gasteiger partial charge in [0.25, 0.3) is 5.91 Å². The van der Waals surface area contributed by atoms with E-state index in [9.17, 15) is 13.2 Å². The summed E-state index contributed by atoms with van der Waals surface area (Å²) in [6.45, 7) is 6.08. The molecule has 9 heteroatoms. The lowest BCUT2D eigenvalue weighted by Gasteiger charge is -2.23. The topological polar surface area (TPSA) is 102 Å². The van der Waals surface area contributed by atoms with Crippen LogP contribution in [0.15, 0.2) is 29.2 Å². The first-order valence-corrected chi connectivity index (χ1v) is 9.37. The number of ether oxygens (including phenoxy) is 1. The van der Waals surface area contributed by atoms with Crippen molar-refractivity contribution in [1.82, 2.24) is 14.5 Å². The normalized spacial score (nSPS) is 16.9. The molecule has 0 radical (unpaired) electrons. The molecule has 1 unspecified atom stereocenters. The highest BCUT2D eigenvalue weighted by Gasteiger charge is 2.25. The molecule has 2 heterocycles. The second-order valence-electron chi connectivity index (χ2n) is 5.96. The zero-order chi connectivity index (χ0) is 18.2. The lowest BCUT2D eigenvalue weighted by molar-refractivity contribution is -0.122. The van der Waals surface area contributed by atoms with Crippen molar-refractivity contribution >= 4 is 21.6 Å². The minimum Gasteiger partial charge on any atom is -0.479 e. The highest BCUT2D eigenvalue weighted by Crippen LogP contribution is 2.31. The van der Waals surface area contributed by atoms with Gasteiger partial charge in [0.1, 0.15) is 5.75 Å². The van der Waals surface area contributed by atoms with Crippen LogP contribution < -0.4 is 14.8 Å². The number of hydrogen-bond donors (Lipinski definition) is 2. The summed E-state index contributed by atoms with van der Waals surface area (Å²) < 4.78 is 34.6. The third kappa shape index (κ3) is 3.67. The van der Waals surface area contributed by atoms with Crippen LogP contribution in [0.3, 0.4) is 0 Å². The Hall–Kier alpha value is -2.39. The minimum atomic E-state index is -3.70. The van der Waals surface area contributed by atoms with E-state index in [0.29, 0.717) is 18.0 Å². The predicted octanol–water partition coefficient (Wildman–Crippen LogP) is 1.20. The molecule has 8 nitrogen and oxygen atoms in total. The lowest BCUT2D eigenvalue weighted by Crippen LogP contribution is -2.34. The van der Waals surface area contributed by atoms with Gasteiger partial charge in [0, 0.05) is 12.2 Å².